The van der Waals surface area contributed by atoms with Crippen LogP contribution < -0.4 is 5.69 Å². The maximum Gasteiger partial charge on any atom is 0.345 e. The third kappa shape index (κ3) is 1.50. The molecule has 13 heavy (non-hydrogen) atoms. The lowest BCUT2D eigenvalue weighted by molar-refractivity contribution is 0.615. The van der Waals surface area contributed by atoms with E-state index in [1.165, 1.54) is 11.3 Å². The van der Waals surface area contributed by atoms with E-state index in [9.17, 15) is 9.18 Å². The summed E-state index contributed by atoms with van der Waals surface area (Å²) >= 11 is 1.44. The summed E-state index contributed by atoms with van der Waals surface area (Å²) in [6, 6.07) is 1.74. The molecule has 2 aromatic heterocycles. The first-order chi connectivity index (χ1) is 6.27. The van der Waals surface area contributed by atoms with Crippen molar-refractivity contribution in [3.63, 3.8) is 0 Å². The van der Waals surface area contributed by atoms with E-state index in [-0.39, 0.29) is 5.69 Å². The first-order valence-corrected chi connectivity index (χ1v) is 4.49. The van der Waals surface area contributed by atoms with E-state index in [1.807, 2.05) is 5.38 Å². The van der Waals surface area contributed by atoms with Crippen molar-refractivity contribution < 1.29 is 4.39 Å². The minimum Gasteiger partial charge on any atom is -0.303 e. The Balaban J connectivity index is 2.64. The molecule has 0 bridgehead atoms. The fourth-order valence-electron chi connectivity index (χ4n) is 0.996. The summed E-state index contributed by atoms with van der Waals surface area (Å²) in [5.74, 6) is -0.516. The minimum atomic E-state index is -0.539. The Bertz CT molecular complexity index is 463. The van der Waals surface area contributed by atoms with Gasteiger partial charge in [-0.25, -0.2) is 9.18 Å². The highest BCUT2D eigenvalue weighted by atomic mass is 32.1. The molecule has 66 valence electrons. The van der Waals surface area contributed by atoms with Crippen molar-refractivity contribution >= 4 is 11.3 Å². The van der Waals surface area contributed by atoms with Crippen LogP contribution in [0, 0.1) is 5.82 Å². The van der Waals surface area contributed by atoms with Crippen molar-refractivity contribution in [1.82, 2.24) is 9.97 Å². The zero-order valence-corrected chi connectivity index (χ0v) is 7.27. The first-order valence-electron chi connectivity index (χ1n) is 3.55. The van der Waals surface area contributed by atoms with E-state index in [0.717, 1.165) is 6.20 Å². The lowest BCUT2D eigenvalue weighted by Crippen LogP contribution is -2.11. The molecule has 2 heterocycles. The standard InChI is InChI=1S/C8H5FN2OS/c9-6-3-10-8(12)11-7(6)5-1-2-13-4-5/h1-4H,(H,10,11,12). The average molecular weight is 196 g/mol. The summed E-state index contributed by atoms with van der Waals surface area (Å²) in [6.07, 6.45) is 0.922. The number of hydrogen-bond acceptors (Lipinski definition) is 3. The van der Waals surface area contributed by atoms with Crippen LogP contribution in [-0.2, 0) is 0 Å². The van der Waals surface area contributed by atoms with Crippen LogP contribution in [0.3, 0.4) is 0 Å². The van der Waals surface area contributed by atoms with Crippen LogP contribution in [0.25, 0.3) is 11.3 Å². The summed E-state index contributed by atoms with van der Waals surface area (Å²) in [5, 5.41) is 3.57. The van der Waals surface area contributed by atoms with Crippen molar-refractivity contribution in [2.75, 3.05) is 0 Å². The Labute approximate surface area is 76.9 Å². The molecule has 0 aliphatic rings. The van der Waals surface area contributed by atoms with Gasteiger partial charge in [-0.15, -0.1) is 0 Å². The van der Waals surface area contributed by atoms with Gasteiger partial charge in [0, 0.05) is 10.9 Å². The van der Waals surface area contributed by atoms with Crippen molar-refractivity contribution in [2.24, 2.45) is 0 Å². The maximum absolute atomic E-state index is 13.1. The fourth-order valence-corrected chi connectivity index (χ4v) is 1.64. The molecule has 0 atom stereocenters. The molecule has 0 saturated heterocycles. The Morgan fingerprint density at radius 2 is 2.38 bits per heavy atom. The van der Waals surface area contributed by atoms with E-state index in [1.54, 1.807) is 11.4 Å². The molecule has 2 aromatic rings. The molecule has 5 heteroatoms. The average Bonchev–Trinajstić information content (AvgIpc) is 2.61. The van der Waals surface area contributed by atoms with Crippen LogP contribution in [-0.4, -0.2) is 9.97 Å². The monoisotopic (exact) mass is 196 g/mol. The molecule has 0 aliphatic carbocycles. The molecule has 2 rings (SSSR count). The summed E-state index contributed by atoms with van der Waals surface area (Å²) in [5.41, 5.74) is 0.325. The SMILES string of the molecule is O=c1ncc(F)c(-c2ccsc2)[nH]1. The summed E-state index contributed by atoms with van der Waals surface area (Å²) in [7, 11) is 0. The number of aromatic nitrogens is 2. The van der Waals surface area contributed by atoms with Crippen LogP contribution in [0.15, 0.2) is 27.8 Å². The zero-order chi connectivity index (χ0) is 9.26. The lowest BCUT2D eigenvalue weighted by atomic mass is 10.2. The number of thiophene rings is 1. The molecule has 0 fully saturated rings. The number of hydrogen-bond donors (Lipinski definition) is 1. The second-order valence-electron chi connectivity index (χ2n) is 2.42. The smallest absolute Gasteiger partial charge is 0.303 e. The maximum atomic E-state index is 13.1. The minimum absolute atomic E-state index is 0.196. The lowest BCUT2D eigenvalue weighted by Gasteiger charge is -1.97. The molecule has 0 spiro atoms. The van der Waals surface area contributed by atoms with Crippen molar-refractivity contribution in [3.8, 4) is 11.3 Å². The van der Waals surface area contributed by atoms with Gasteiger partial charge in [0.2, 0.25) is 0 Å². The number of nitrogens with one attached hydrogen (secondary N) is 1. The van der Waals surface area contributed by atoms with Gasteiger partial charge in [-0.2, -0.15) is 16.3 Å². The van der Waals surface area contributed by atoms with E-state index < -0.39 is 11.5 Å². The van der Waals surface area contributed by atoms with Gasteiger partial charge in [0.15, 0.2) is 5.82 Å². The third-order valence-electron chi connectivity index (χ3n) is 1.58. The third-order valence-corrected chi connectivity index (χ3v) is 2.26. The van der Waals surface area contributed by atoms with Gasteiger partial charge in [-0.1, -0.05) is 0 Å². The van der Waals surface area contributed by atoms with Gasteiger partial charge in [0.05, 0.1) is 11.9 Å². The highest BCUT2D eigenvalue weighted by molar-refractivity contribution is 7.08. The molecular formula is C8H5FN2OS. The molecule has 1 N–H and O–H groups in total. The van der Waals surface area contributed by atoms with Gasteiger partial charge in [0.1, 0.15) is 0 Å². The molecule has 0 unspecified atom stereocenters. The number of aromatic amines is 1. The van der Waals surface area contributed by atoms with Gasteiger partial charge in [0.25, 0.3) is 0 Å². The highest BCUT2D eigenvalue weighted by Gasteiger charge is 2.06. The first kappa shape index (κ1) is 8.12. The predicted molar refractivity (Wildman–Crippen MR) is 48.1 cm³/mol. The van der Waals surface area contributed by atoms with Crippen LogP contribution in [0.4, 0.5) is 4.39 Å². The van der Waals surface area contributed by atoms with E-state index in [2.05, 4.69) is 9.97 Å². The quantitative estimate of drug-likeness (QED) is 0.753. The molecule has 0 aromatic carbocycles. The second-order valence-corrected chi connectivity index (χ2v) is 3.20. The fraction of sp³-hybridized carbons (Fsp3) is 0. The Hall–Kier alpha value is -1.49. The van der Waals surface area contributed by atoms with Gasteiger partial charge < -0.3 is 4.98 Å². The topological polar surface area (TPSA) is 45.8 Å². The van der Waals surface area contributed by atoms with E-state index >= 15 is 0 Å². The second kappa shape index (κ2) is 3.10. The molecule has 0 radical (unpaired) electrons. The molecule has 0 saturated carbocycles. The predicted octanol–water partition coefficient (Wildman–Crippen LogP) is 1.64. The number of nitrogens with zero attached hydrogens (tertiary/aromatic N) is 1. The van der Waals surface area contributed by atoms with E-state index in [4.69, 9.17) is 0 Å². The Kier molecular flexibility index (Phi) is 1.94. The van der Waals surface area contributed by atoms with Crippen LogP contribution in [0.1, 0.15) is 0 Å². The number of halogens is 1. The molecule has 3 nitrogen and oxygen atoms in total. The Morgan fingerprint density at radius 3 is 3.08 bits per heavy atom. The molecule has 0 amide bonds. The number of rotatable bonds is 1. The highest BCUT2D eigenvalue weighted by Crippen LogP contribution is 2.20. The largest absolute Gasteiger partial charge is 0.345 e. The number of H-pyrrole nitrogens is 1. The molecule has 0 aliphatic heterocycles. The van der Waals surface area contributed by atoms with Gasteiger partial charge in [-0.05, 0) is 11.4 Å². The van der Waals surface area contributed by atoms with Crippen molar-refractivity contribution in [2.45, 2.75) is 0 Å². The van der Waals surface area contributed by atoms with Crippen LogP contribution in [0.5, 0.6) is 0 Å². The van der Waals surface area contributed by atoms with Crippen LogP contribution >= 0.6 is 11.3 Å². The normalized spacial score (nSPS) is 10.2. The zero-order valence-electron chi connectivity index (χ0n) is 6.45. The van der Waals surface area contributed by atoms with Gasteiger partial charge >= 0.3 is 5.69 Å². The van der Waals surface area contributed by atoms with Gasteiger partial charge in [-0.3, -0.25) is 0 Å². The summed E-state index contributed by atoms with van der Waals surface area (Å²) in [6.45, 7) is 0. The summed E-state index contributed by atoms with van der Waals surface area (Å²) in [4.78, 5) is 16.4. The van der Waals surface area contributed by atoms with E-state index in [0.29, 0.717) is 5.56 Å². The summed E-state index contributed by atoms with van der Waals surface area (Å²) < 4.78 is 13.1. The van der Waals surface area contributed by atoms with Crippen LogP contribution in [0.2, 0.25) is 0 Å². The van der Waals surface area contributed by atoms with Crippen molar-refractivity contribution in [3.05, 3.63) is 39.3 Å². The molecular weight excluding hydrogens is 191 g/mol. The van der Waals surface area contributed by atoms with Crippen molar-refractivity contribution in [1.29, 1.82) is 0 Å². The Morgan fingerprint density at radius 1 is 1.54 bits per heavy atom.